The quantitative estimate of drug-likeness (QED) is 0.656. The van der Waals surface area contributed by atoms with Gasteiger partial charge in [-0.15, -0.1) is 0 Å². The van der Waals surface area contributed by atoms with Gasteiger partial charge in [-0.3, -0.25) is 4.79 Å². The fraction of sp³-hybridized carbons (Fsp3) is 0.300. The lowest BCUT2D eigenvalue weighted by Gasteiger charge is -2.14. The van der Waals surface area contributed by atoms with Gasteiger partial charge in [-0.25, -0.2) is 17.6 Å². The molecule has 0 unspecified atom stereocenters. The molecular weight excluding hydrogens is 276 g/mol. The summed E-state index contributed by atoms with van der Waals surface area (Å²) in [5.41, 5.74) is 4.34. The third-order valence-electron chi connectivity index (χ3n) is 2.06. The molecule has 100 valence electrons. The minimum absolute atomic E-state index is 0.373. The fourth-order valence-corrected chi connectivity index (χ4v) is 1.31. The van der Waals surface area contributed by atoms with Gasteiger partial charge in [0, 0.05) is 0 Å². The molecule has 0 aromatic heterocycles. The number of alkyl halides is 2. The highest BCUT2D eigenvalue weighted by molar-refractivity contribution is 6.33. The van der Waals surface area contributed by atoms with Gasteiger partial charge in [-0.05, 0) is 12.1 Å². The normalized spacial score (nSPS) is 11.4. The zero-order valence-electron chi connectivity index (χ0n) is 8.94. The summed E-state index contributed by atoms with van der Waals surface area (Å²) in [5.74, 6) is -6.84. The Balaban J connectivity index is 2.82. The van der Waals surface area contributed by atoms with Crippen LogP contribution in [0.5, 0.6) is 0 Å². The number of carbonyl (C=O) groups excluding carboxylic acids is 1. The highest BCUT2D eigenvalue weighted by atomic mass is 35.5. The molecule has 0 spiro atoms. The van der Waals surface area contributed by atoms with E-state index in [0.717, 1.165) is 0 Å². The molecule has 0 atom stereocenters. The molecule has 1 aromatic rings. The molecule has 0 aliphatic heterocycles. The second kappa shape index (κ2) is 5.53. The van der Waals surface area contributed by atoms with Gasteiger partial charge in [0.25, 0.3) is 11.8 Å². The Morgan fingerprint density at radius 1 is 1.33 bits per heavy atom. The standard InChI is InChI=1S/C10H9ClF4N2O/c11-6-2-8(13)7(12)1-5(6)9(18)17-4-10(14,15)3-16/h1-2H,3-4,16H2,(H,17,18). The lowest BCUT2D eigenvalue weighted by atomic mass is 10.2. The van der Waals surface area contributed by atoms with Gasteiger partial charge in [-0.2, -0.15) is 0 Å². The fourth-order valence-electron chi connectivity index (χ4n) is 1.07. The van der Waals surface area contributed by atoms with Crippen LogP contribution in [-0.2, 0) is 0 Å². The Morgan fingerprint density at radius 3 is 2.44 bits per heavy atom. The Kier molecular flexibility index (Phi) is 4.53. The van der Waals surface area contributed by atoms with Crippen LogP contribution < -0.4 is 11.1 Å². The van der Waals surface area contributed by atoms with Crippen LogP contribution in [0.2, 0.25) is 5.02 Å². The van der Waals surface area contributed by atoms with Crippen molar-refractivity contribution in [1.82, 2.24) is 5.32 Å². The minimum Gasteiger partial charge on any atom is -0.346 e. The molecule has 1 aromatic carbocycles. The second-order valence-electron chi connectivity index (χ2n) is 3.49. The first-order valence-corrected chi connectivity index (χ1v) is 5.15. The lowest BCUT2D eigenvalue weighted by Crippen LogP contribution is -2.41. The summed E-state index contributed by atoms with van der Waals surface area (Å²) in [4.78, 5) is 11.4. The Hall–Kier alpha value is -1.34. The first-order chi connectivity index (χ1) is 8.26. The van der Waals surface area contributed by atoms with Crippen molar-refractivity contribution in [1.29, 1.82) is 0 Å². The van der Waals surface area contributed by atoms with E-state index in [2.05, 4.69) is 0 Å². The number of benzene rings is 1. The molecule has 0 fully saturated rings. The largest absolute Gasteiger partial charge is 0.346 e. The summed E-state index contributed by atoms with van der Waals surface area (Å²) in [6.07, 6.45) is 0. The molecule has 0 radical (unpaired) electrons. The number of nitrogens with two attached hydrogens (primary N) is 1. The van der Waals surface area contributed by atoms with Crippen LogP contribution in [0.15, 0.2) is 12.1 Å². The van der Waals surface area contributed by atoms with E-state index in [4.69, 9.17) is 17.3 Å². The van der Waals surface area contributed by atoms with Gasteiger partial charge < -0.3 is 11.1 Å². The van der Waals surface area contributed by atoms with Crippen LogP contribution in [0.3, 0.4) is 0 Å². The Labute approximate surface area is 105 Å². The summed E-state index contributed by atoms with van der Waals surface area (Å²) in [6.45, 7) is -1.96. The lowest BCUT2D eigenvalue weighted by molar-refractivity contribution is 0.0118. The van der Waals surface area contributed by atoms with Gasteiger partial charge in [0.05, 0.1) is 23.7 Å². The average Bonchev–Trinajstić information content (AvgIpc) is 2.31. The van der Waals surface area contributed by atoms with E-state index >= 15 is 0 Å². The molecule has 3 nitrogen and oxygen atoms in total. The second-order valence-corrected chi connectivity index (χ2v) is 3.90. The maximum Gasteiger partial charge on any atom is 0.277 e. The Bertz CT molecular complexity index is 467. The van der Waals surface area contributed by atoms with E-state index in [1.807, 2.05) is 5.32 Å². The summed E-state index contributed by atoms with van der Waals surface area (Å²) in [6, 6.07) is 1.13. The van der Waals surface area contributed by atoms with Crippen molar-refractivity contribution >= 4 is 17.5 Å². The number of carbonyl (C=O) groups is 1. The predicted molar refractivity (Wildman–Crippen MR) is 57.7 cm³/mol. The van der Waals surface area contributed by atoms with Gasteiger partial charge in [-0.1, -0.05) is 11.6 Å². The van der Waals surface area contributed by atoms with E-state index in [0.29, 0.717) is 12.1 Å². The highest BCUT2D eigenvalue weighted by Crippen LogP contribution is 2.20. The van der Waals surface area contributed by atoms with Crippen molar-refractivity contribution in [2.24, 2.45) is 5.73 Å². The number of rotatable bonds is 4. The molecule has 0 bridgehead atoms. The molecule has 0 saturated heterocycles. The number of hydrogen-bond donors (Lipinski definition) is 2. The summed E-state index contributed by atoms with van der Waals surface area (Å²) >= 11 is 5.50. The van der Waals surface area contributed by atoms with E-state index in [9.17, 15) is 22.4 Å². The zero-order chi connectivity index (χ0) is 13.9. The van der Waals surface area contributed by atoms with Crippen molar-refractivity contribution in [3.8, 4) is 0 Å². The van der Waals surface area contributed by atoms with E-state index in [1.165, 1.54) is 0 Å². The minimum atomic E-state index is -3.28. The van der Waals surface area contributed by atoms with Crippen LogP contribution in [-0.4, -0.2) is 24.9 Å². The maximum absolute atomic E-state index is 12.9. The van der Waals surface area contributed by atoms with E-state index in [-0.39, 0.29) is 5.02 Å². The molecule has 18 heavy (non-hydrogen) atoms. The monoisotopic (exact) mass is 284 g/mol. The molecule has 1 amide bonds. The third kappa shape index (κ3) is 3.58. The van der Waals surface area contributed by atoms with Crippen LogP contribution in [0.4, 0.5) is 17.6 Å². The smallest absolute Gasteiger partial charge is 0.277 e. The molecule has 0 aliphatic carbocycles. The summed E-state index contributed by atoms with van der Waals surface area (Å²) < 4.78 is 51.1. The van der Waals surface area contributed by atoms with Crippen molar-refractivity contribution in [3.63, 3.8) is 0 Å². The SMILES string of the molecule is NCC(F)(F)CNC(=O)c1cc(F)c(F)cc1Cl. The molecule has 0 aliphatic rings. The Morgan fingerprint density at radius 2 is 1.89 bits per heavy atom. The molecule has 3 N–H and O–H groups in total. The van der Waals surface area contributed by atoms with E-state index < -0.39 is 42.1 Å². The molecule has 0 heterocycles. The van der Waals surface area contributed by atoms with Crippen LogP contribution in [0.1, 0.15) is 10.4 Å². The van der Waals surface area contributed by atoms with Crippen LogP contribution in [0, 0.1) is 11.6 Å². The molecule has 8 heteroatoms. The van der Waals surface area contributed by atoms with Crippen molar-refractivity contribution < 1.29 is 22.4 Å². The van der Waals surface area contributed by atoms with Crippen molar-refractivity contribution in [3.05, 3.63) is 34.4 Å². The van der Waals surface area contributed by atoms with Gasteiger partial charge >= 0.3 is 0 Å². The zero-order valence-corrected chi connectivity index (χ0v) is 9.70. The topological polar surface area (TPSA) is 55.1 Å². The average molecular weight is 285 g/mol. The number of hydrogen-bond acceptors (Lipinski definition) is 2. The first-order valence-electron chi connectivity index (χ1n) is 4.77. The van der Waals surface area contributed by atoms with E-state index in [1.54, 1.807) is 0 Å². The predicted octanol–water partition coefficient (Wildman–Crippen LogP) is 1.94. The molecular formula is C10H9ClF4N2O. The number of amides is 1. The van der Waals surface area contributed by atoms with Gasteiger partial charge in [0.2, 0.25) is 0 Å². The summed E-state index contributed by atoms with van der Waals surface area (Å²) in [5, 5.41) is 1.46. The van der Waals surface area contributed by atoms with Gasteiger partial charge in [0.1, 0.15) is 0 Å². The molecule has 1 rings (SSSR count). The number of nitrogens with one attached hydrogen (secondary N) is 1. The third-order valence-corrected chi connectivity index (χ3v) is 2.37. The van der Waals surface area contributed by atoms with Crippen LogP contribution >= 0.6 is 11.6 Å². The van der Waals surface area contributed by atoms with Crippen LogP contribution in [0.25, 0.3) is 0 Å². The van der Waals surface area contributed by atoms with Crippen molar-refractivity contribution in [2.75, 3.05) is 13.1 Å². The molecule has 0 saturated carbocycles. The highest BCUT2D eigenvalue weighted by Gasteiger charge is 2.28. The summed E-state index contributed by atoms with van der Waals surface area (Å²) in [7, 11) is 0. The maximum atomic E-state index is 12.9. The first kappa shape index (κ1) is 14.7. The van der Waals surface area contributed by atoms with Crippen molar-refractivity contribution in [2.45, 2.75) is 5.92 Å². The van der Waals surface area contributed by atoms with Gasteiger partial charge in [0.15, 0.2) is 11.6 Å². The number of halogens is 5.